The number of anilines is 1. The van der Waals surface area contributed by atoms with Gasteiger partial charge in [-0.1, -0.05) is 39.4 Å². The fourth-order valence-electron chi connectivity index (χ4n) is 8.45. The van der Waals surface area contributed by atoms with Gasteiger partial charge in [-0.05, 0) is 54.5 Å². The molecule has 4 heterocycles. The monoisotopic (exact) mass is 749 g/mol. The first-order valence-electron chi connectivity index (χ1n) is 15.2. The van der Waals surface area contributed by atoms with E-state index in [2.05, 4.69) is 20.9 Å². The Morgan fingerprint density at radius 3 is 2.51 bits per heavy atom. The number of thiazole rings is 1. The van der Waals surface area contributed by atoms with Crippen LogP contribution in [0.4, 0.5) is 18.9 Å². The van der Waals surface area contributed by atoms with Crippen molar-refractivity contribution >= 4 is 62.4 Å². The molecule has 1 N–H and O–H groups in total. The van der Waals surface area contributed by atoms with E-state index >= 15 is 0 Å². The summed E-state index contributed by atoms with van der Waals surface area (Å²) in [7, 11) is 0. The second-order valence-corrected chi connectivity index (χ2v) is 15.6. The van der Waals surface area contributed by atoms with Crippen LogP contribution < -0.4 is 14.5 Å². The van der Waals surface area contributed by atoms with Gasteiger partial charge in [0.05, 0.1) is 41.3 Å². The van der Waals surface area contributed by atoms with E-state index in [-0.39, 0.29) is 40.4 Å². The van der Waals surface area contributed by atoms with E-state index < -0.39 is 47.0 Å². The number of thioether (sulfide) groups is 1. The number of carbonyl (C=O) groups excluding carboxylic acids is 3. The Kier molecular flexibility index (Phi) is 7.61. The van der Waals surface area contributed by atoms with E-state index in [4.69, 9.17) is 9.47 Å². The Morgan fingerprint density at radius 2 is 1.77 bits per heavy atom. The van der Waals surface area contributed by atoms with Crippen LogP contribution in [0.2, 0.25) is 0 Å². The van der Waals surface area contributed by atoms with E-state index in [1.54, 1.807) is 17.0 Å². The fraction of sp³-hybridized carbons (Fsp3) is 0.438. The van der Waals surface area contributed by atoms with Crippen LogP contribution >= 0.6 is 39.0 Å². The van der Waals surface area contributed by atoms with Crippen LogP contribution in [0.5, 0.6) is 5.75 Å². The molecule has 8 rings (SSSR count). The number of H-pyrrole nitrogens is 1. The summed E-state index contributed by atoms with van der Waals surface area (Å²) in [5, 5.41) is 0.502. The molecular formula is C32H27BrF3N3O6S2. The summed E-state index contributed by atoms with van der Waals surface area (Å²) >= 11 is 6.13. The second kappa shape index (κ2) is 11.5. The molecular weight excluding hydrogens is 723 g/mol. The standard InChI is InChI=1S/C32H27BrF3N3O6S2/c33-14-5-6-20(45-13-21(40)38-7-9-44-10-8-38)15(11-14)22-23-16-12-17(26(23)46-28-27(22)47-31(43)37-28)25-24(16)29(41)39(30(25)42)19-4-2-1-3-18(19)32(34,35)36/h1-6,11,16-17,22-26H,7-10,12-13H2,(H,37,43)/t16?,17?,22-,23?,24?,25?,26?/m1/s1. The number of aromatic nitrogens is 1. The van der Waals surface area contributed by atoms with Crippen molar-refractivity contribution in [2.24, 2.45) is 29.6 Å². The van der Waals surface area contributed by atoms with E-state index in [0.717, 1.165) is 37.2 Å². The Bertz CT molecular complexity index is 1860. The van der Waals surface area contributed by atoms with Gasteiger partial charge >= 0.3 is 11.0 Å². The molecule has 3 aliphatic heterocycles. The molecule has 0 radical (unpaired) electrons. The van der Waals surface area contributed by atoms with Gasteiger partial charge in [0.25, 0.3) is 5.91 Å². The van der Waals surface area contributed by atoms with Gasteiger partial charge in [0, 0.05) is 39.2 Å². The minimum Gasteiger partial charge on any atom is -0.483 e. The molecule has 47 heavy (non-hydrogen) atoms. The summed E-state index contributed by atoms with van der Waals surface area (Å²) in [6.45, 7) is 1.67. The largest absolute Gasteiger partial charge is 0.483 e. The molecule has 5 aliphatic rings. The second-order valence-electron chi connectivity index (χ2n) is 12.5. The zero-order valence-electron chi connectivity index (χ0n) is 24.5. The van der Waals surface area contributed by atoms with Gasteiger partial charge in [0.1, 0.15) is 5.75 Å². The van der Waals surface area contributed by atoms with Crippen LogP contribution in [-0.2, 0) is 25.3 Å². The third kappa shape index (κ3) is 4.98. The average Bonchev–Trinajstić information content (AvgIpc) is 3.79. The predicted molar refractivity (Wildman–Crippen MR) is 169 cm³/mol. The van der Waals surface area contributed by atoms with Gasteiger partial charge in [-0.25, -0.2) is 4.90 Å². The first-order chi connectivity index (χ1) is 22.5. The number of fused-ring (bicyclic) bond motifs is 9. The molecule has 2 aliphatic carbocycles. The summed E-state index contributed by atoms with van der Waals surface area (Å²) in [5.41, 5.74) is -0.728. The number of imide groups is 1. The van der Waals surface area contributed by atoms with Gasteiger partial charge in [0.2, 0.25) is 11.8 Å². The van der Waals surface area contributed by atoms with E-state index in [1.807, 2.05) is 6.07 Å². The van der Waals surface area contributed by atoms with Crippen LogP contribution in [0.3, 0.4) is 0 Å². The van der Waals surface area contributed by atoms with Crippen LogP contribution in [0, 0.1) is 29.6 Å². The van der Waals surface area contributed by atoms with Gasteiger partial charge in [-0.15, -0.1) is 11.8 Å². The Labute approximate surface area is 282 Å². The number of aromatic amines is 1. The maximum Gasteiger partial charge on any atom is 0.418 e. The number of halogens is 4. The lowest BCUT2D eigenvalue weighted by Crippen LogP contribution is -2.43. The molecule has 9 nitrogen and oxygen atoms in total. The number of hydrogen-bond donors (Lipinski definition) is 1. The van der Waals surface area contributed by atoms with Crippen LogP contribution in [0.1, 0.15) is 28.3 Å². The Morgan fingerprint density at radius 1 is 1.04 bits per heavy atom. The molecule has 2 bridgehead atoms. The lowest BCUT2D eigenvalue weighted by Gasteiger charge is -2.43. The van der Waals surface area contributed by atoms with Crippen molar-refractivity contribution in [3.8, 4) is 5.75 Å². The van der Waals surface area contributed by atoms with Crippen LogP contribution in [-0.4, -0.2) is 65.8 Å². The molecule has 7 atom stereocenters. The van der Waals surface area contributed by atoms with Gasteiger partial charge < -0.3 is 19.4 Å². The molecule has 2 saturated heterocycles. The number of rotatable bonds is 5. The molecule has 3 aromatic rings. The molecule has 3 amide bonds. The minimum atomic E-state index is -4.75. The van der Waals surface area contributed by atoms with Gasteiger partial charge in [-0.3, -0.25) is 19.2 Å². The maximum atomic E-state index is 14.1. The molecule has 1 aromatic heterocycles. The summed E-state index contributed by atoms with van der Waals surface area (Å²) < 4.78 is 54.3. The Hall–Kier alpha value is -3.14. The normalized spacial score (nSPS) is 29.6. The van der Waals surface area contributed by atoms with Crippen molar-refractivity contribution in [3.63, 3.8) is 0 Å². The van der Waals surface area contributed by atoms with Crippen molar-refractivity contribution < 1.29 is 37.0 Å². The number of nitrogens with zero attached hydrogens (tertiary/aromatic N) is 2. The number of para-hydroxylation sites is 1. The minimum absolute atomic E-state index is 0.178. The molecule has 246 valence electrons. The number of hydrogen-bond acceptors (Lipinski definition) is 8. The highest BCUT2D eigenvalue weighted by Crippen LogP contribution is 2.69. The number of carbonyl (C=O) groups is 3. The summed E-state index contributed by atoms with van der Waals surface area (Å²) in [6.07, 6.45) is -4.18. The van der Waals surface area contributed by atoms with Crippen LogP contribution in [0.15, 0.2) is 56.8 Å². The number of ether oxygens (including phenoxy) is 2. The first-order valence-corrected chi connectivity index (χ1v) is 17.7. The van der Waals surface area contributed by atoms with Crippen molar-refractivity contribution in [1.82, 2.24) is 9.88 Å². The quantitative estimate of drug-likeness (QED) is 0.361. The summed E-state index contributed by atoms with van der Waals surface area (Å²) in [5.74, 6) is -3.69. The molecule has 15 heteroatoms. The summed E-state index contributed by atoms with van der Waals surface area (Å²) in [4.78, 5) is 59.7. The SMILES string of the molecule is O=C(COc1ccc(Br)cc1[C@H]1c2sc(=O)[nH]c2SC2C3CC(C4C(=O)N(c5ccccc5C(F)(F)F)C(=O)C34)C21)N1CCOCC1. The van der Waals surface area contributed by atoms with Crippen molar-refractivity contribution in [2.45, 2.75) is 28.8 Å². The lowest BCUT2D eigenvalue weighted by atomic mass is 9.68. The predicted octanol–water partition coefficient (Wildman–Crippen LogP) is 5.13. The van der Waals surface area contributed by atoms with Crippen molar-refractivity contribution in [2.75, 3.05) is 37.8 Å². The van der Waals surface area contributed by atoms with Crippen molar-refractivity contribution in [3.05, 3.63) is 72.6 Å². The average molecular weight is 751 g/mol. The van der Waals surface area contributed by atoms with E-state index in [1.165, 1.54) is 30.0 Å². The zero-order valence-corrected chi connectivity index (χ0v) is 27.7. The van der Waals surface area contributed by atoms with Crippen LogP contribution in [0.25, 0.3) is 0 Å². The highest BCUT2D eigenvalue weighted by molar-refractivity contribution is 9.10. The van der Waals surface area contributed by atoms with Gasteiger partial charge in [-0.2, -0.15) is 13.2 Å². The molecule has 6 unspecified atom stereocenters. The third-order valence-electron chi connectivity index (χ3n) is 10.2. The zero-order chi connectivity index (χ0) is 32.8. The number of alkyl halides is 3. The molecule has 0 spiro atoms. The van der Waals surface area contributed by atoms with Crippen molar-refractivity contribution in [1.29, 1.82) is 0 Å². The number of morpholine rings is 1. The maximum absolute atomic E-state index is 14.1. The Balaban J connectivity index is 1.17. The van der Waals surface area contributed by atoms with E-state index in [0.29, 0.717) is 43.5 Å². The van der Waals surface area contributed by atoms with E-state index in [9.17, 15) is 32.3 Å². The van der Waals surface area contributed by atoms with Gasteiger partial charge in [0.15, 0.2) is 6.61 Å². The molecule has 4 fully saturated rings. The molecule has 2 aromatic carbocycles. The number of amides is 3. The smallest absolute Gasteiger partial charge is 0.418 e. The fourth-order valence-corrected chi connectivity index (χ4v) is 11.7. The lowest BCUT2D eigenvalue weighted by molar-refractivity contribution is -0.138. The molecule has 2 saturated carbocycles. The number of benzene rings is 2. The summed E-state index contributed by atoms with van der Waals surface area (Å²) in [6, 6.07) is 10.2. The third-order valence-corrected chi connectivity index (χ3v) is 13.3. The first kappa shape index (κ1) is 31.1. The number of nitrogens with one attached hydrogen (secondary N) is 1. The highest BCUT2D eigenvalue weighted by atomic mass is 79.9. The topological polar surface area (TPSA) is 109 Å². The highest BCUT2D eigenvalue weighted by Gasteiger charge is 2.70.